The fourth-order valence-electron chi connectivity index (χ4n) is 3.14. The summed E-state index contributed by atoms with van der Waals surface area (Å²) in [5.41, 5.74) is 3.50. The van der Waals surface area contributed by atoms with Crippen LogP contribution in [0.2, 0.25) is 0 Å². The molecule has 4 nitrogen and oxygen atoms in total. The number of carbonyl (C=O) groups excluding carboxylic acids is 1. The van der Waals surface area contributed by atoms with Crippen molar-refractivity contribution in [3.05, 3.63) is 53.7 Å². The highest BCUT2D eigenvalue weighted by atomic mass is 16.2. The summed E-state index contributed by atoms with van der Waals surface area (Å²) >= 11 is 0. The summed E-state index contributed by atoms with van der Waals surface area (Å²) in [5, 5.41) is 0. The van der Waals surface area contributed by atoms with Crippen LogP contribution in [0.4, 0.5) is 11.5 Å². The Kier molecular flexibility index (Phi) is 3.52. The maximum atomic E-state index is 12.5. The van der Waals surface area contributed by atoms with Crippen LogP contribution < -0.4 is 9.80 Å². The SMILES string of the molecule is Cc1ccc(CN2CCN(C(=O)C3CC3)c3cccnc32)cc1. The van der Waals surface area contributed by atoms with E-state index in [4.69, 9.17) is 0 Å². The first kappa shape index (κ1) is 14.2. The summed E-state index contributed by atoms with van der Waals surface area (Å²) in [7, 11) is 0. The smallest absolute Gasteiger partial charge is 0.230 e. The molecule has 0 unspecified atom stereocenters. The molecule has 1 saturated carbocycles. The van der Waals surface area contributed by atoms with E-state index in [1.54, 1.807) is 0 Å². The van der Waals surface area contributed by atoms with E-state index in [1.165, 1.54) is 11.1 Å². The maximum absolute atomic E-state index is 12.5. The zero-order valence-corrected chi connectivity index (χ0v) is 13.4. The number of amides is 1. The first-order valence-corrected chi connectivity index (χ1v) is 8.29. The minimum atomic E-state index is 0.242. The fourth-order valence-corrected chi connectivity index (χ4v) is 3.14. The van der Waals surface area contributed by atoms with Gasteiger partial charge in [-0.1, -0.05) is 29.8 Å². The number of aryl methyl sites for hydroxylation is 1. The number of benzene rings is 1. The molecule has 2 heterocycles. The molecular formula is C19H21N3O. The second-order valence-corrected chi connectivity index (χ2v) is 6.52. The van der Waals surface area contributed by atoms with E-state index in [0.29, 0.717) is 0 Å². The summed E-state index contributed by atoms with van der Waals surface area (Å²) in [6.07, 6.45) is 3.89. The van der Waals surface area contributed by atoms with Gasteiger partial charge in [-0.3, -0.25) is 4.79 Å². The largest absolute Gasteiger partial charge is 0.349 e. The Morgan fingerprint density at radius 3 is 2.70 bits per heavy atom. The van der Waals surface area contributed by atoms with Gasteiger partial charge in [0.15, 0.2) is 5.82 Å². The molecule has 2 aliphatic rings. The number of hydrogen-bond acceptors (Lipinski definition) is 3. The highest BCUT2D eigenvalue weighted by Crippen LogP contribution is 2.37. The van der Waals surface area contributed by atoms with E-state index in [0.717, 1.165) is 44.0 Å². The third-order valence-electron chi connectivity index (χ3n) is 4.64. The van der Waals surface area contributed by atoms with Gasteiger partial charge in [0.2, 0.25) is 5.91 Å². The summed E-state index contributed by atoms with van der Waals surface area (Å²) in [4.78, 5) is 21.3. The predicted octanol–water partition coefficient (Wildman–Crippen LogP) is 3.15. The molecule has 0 N–H and O–H groups in total. The topological polar surface area (TPSA) is 36.4 Å². The van der Waals surface area contributed by atoms with Crippen molar-refractivity contribution in [3.63, 3.8) is 0 Å². The number of carbonyl (C=O) groups is 1. The van der Waals surface area contributed by atoms with Gasteiger partial charge in [0.05, 0.1) is 5.69 Å². The molecule has 0 spiro atoms. The quantitative estimate of drug-likeness (QED) is 0.874. The number of nitrogens with zero attached hydrogens (tertiary/aromatic N) is 3. The molecule has 1 aliphatic heterocycles. The van der Waals surface area contributed by atoms with Gasteiger partial charge in [-0.25, -0.2) is 4.98 Å². The highest BCUT2D eigenvalue weighted by molar-refractivity contribution is 5.99. The second-order valence-electron chi connectivity index (χ2n) is 6.52. The maximum Gasteiger partial charge on any atom is 0.230 e. The summed E-state index contributed by atoms with van der Waals surface area (Å²) in [5.74, 6) is 1.44. The third-order valence-corrected chi connectivity index (χ3v) is 4.64. The Balaban J connectivity index is 1.60. The van der Waals surface area contributed by atoms with Gasteiger partial charge in [0.25, 0.3) is 0 Å². The molecule has 0 saturated heterocycles. The molecule has 0 bridgehead atoms. The van der Waals surface area contributed by atoms with Gasteiger partial charge in [-0.15, -0.1) is 0 Å². The van der Waals surface area contributed by atoms with Crippen LogP contribution in [-0.2, 0) is 11.3 Å². The summed E-state index contributed by atoms with van der Waals surface area (Å²) < 4.78 is 0. The second kappa shape index (κ2) is 5.69. The number of aromatic nitrogens is 1. The Morgan fingerprint density at radius 2 is 1.96 bits per heavy atom. The lowest BCUT2D eigenvalue weighted by Gasteiger charge is -2.36. The Hall–Kier alpha value is -2.36. The third kappa shape index (κ3) is 2.81. The van der Waals surface area contributed by atoms with Crippen molar-refractivity contribution >= 4 is 17.4 Å². The van der Waals surface area contributed by atoms with Gasteiger partial charge >= 0.3 is 0 Å². The van der Waals surface area contributed by atoms with Gasteiger partial charge < -0.3 is 9.80 Å². The zero-order valence-electron chi connectivity index (χ0n) is 13.4. The molecule has 0 atom stereocenters. The molecule has 118 valence electrons. The van der Waals surface area contributed by atoms with E-state index >= 15 is 0 Å². The average molecular weight is 307 g/mol. The first-order valence-electron chi connectivity index (χ1n) is 8.29. The number of anilines is 2. The van der Waals surface area contributed by atoms with Crippen LogP contribution in [0.3, 0.4) is 0 Å². The molecule has 0 radical (unpaired) electrons. The highest BCUT2D eigenvalue weighted by Gasteiger charge is 2.37. The van der Waals surface area contributed by atoms with Crippen molar-refractivity contribution in [2.24, 2.45) is 5.92 Å². The summed E-state index contributed by atoms with van der Waals surface area (Å²) in [6.45, 7) is 4.51. The number of pyridine rings is 1. The molecule has 23 heavy (non-hydrogen) atoms. The van der Waals surface area contributed by atoms with E-state index in [9.17, 15) is 4.79 Å². The van der Waals surface area contributed by atoms with Crippen molar-refractivity contribution in [2.75, 3.05) is 22.9 Å². The van der Waals surface area contributed by atoms with Crippen molar-refractivity contribution in [1.29, 1.82) is 0 Å². The van der Waals surface area contributed by atoms with Crippen LogP contribution in [-0.4, -0.2) is 24.0 Å². The number of fused-ring (bicyclic) bond motifs is 1. The Bertz CT molecular complexity index is 722. The molecule has 1 aromatic carbocycles. The lowest BCUT2D eigenvalue weighted by atomic mass is 10.1. The Labute approximate surface area is 136 Å². The van der Waals surface area contributed by atoms with Crippen molar-refractivity contribution in [2.45, 2.75) is 26.3 Å². The van der Waals surface area contributed by atoms with Gasteiger partial charge in [-0.05, 0) is 37.5 Å². The van der Waals surface area contributed by atoms with Crippen molar-refractivity contribution in [3.8, 4) is 0 Å². The van der Waals surface area contributed by atoms with Crippen LogP contribution in [0.25, 0.3) is 0 Å². The van der Waals surface area contributed by atoms with Crippen LogP contribution in [0.15, 0.2) is 42.6 Å². The molecule has 1 fully saturated rings. The molecule has 1 aromatic heterocycles. The van der Waals surface area contributed by atoms with Crippen LogP contribution in [0.5, 0.6) is 0 Å². The van der Waals surface area contributed by atoms with E-state index in [1.807, 2.05) is 23.2 Å². The van der Waals surface area contributed by atoms with Crippen LogP contribution in [0.1, 0.15) is 24.0 Å². The lowest BCUT2D eigenvalue weighted by molar-refractivity contribution is -0.119. The van der Waals surface area contributed by atoms with Gasteiger partial charge in [0, 0.05) is 31.7 Å². The number of rotatable bonds is 3. The van der Waals surface area contributed by atoms with Crippen molar-refractivity contribution < 1.29 is 4.79 Å². The van der Waals surface area contributed by atoms with Crippen LogP contribution >= 0.6 is 0 Å². The van der Waals surface area contributed by atoms with E-state index in [-0.39, 0.29) is 11.8 Å². The molecular weight excluding hydrogens is 286 g/mol. The van der Waals surface area contributed by atoms with Crippen molar-refractivity contribution in [1.82, 2.24) is 4.98 Å². The van der Waals surface area contributed by atoms with Crippen LogP contribution in [0, 0.1) is 12.8 Å². The monoisotopic (exact) mass is 307 g/mol. The Morgan fingerprint density at radius 1 is 1.17 bits per heavy atom. The van der Waals surface area contributed by atoms with E-state index < -0.39 is 0 Å². The molecule has 2 aromatic rings. The predicted molar refractivity (Wildman–Crippen MR) is 91.5 cm³/mol. The first-order chi connectivity index (χ1) is 11.2. The lowest BCUT2D eigenvalue weighted by Crippen LogP contribution is -2.44. The molecule has 1 aliphatic carbocycles. The molecule has 4 rings (SSSR count). The molecule has 4 heteroatoms. The average Bonchev–Trinajstić information content (AvgIpc) is 3.42. The molecule has 1 amide bonds. The normalized spacial score (nSPS) is 17.1. The number of hydrogen-bond donors (Lipinski definition) is 0. The summed E-state index contributed by atoms with van der Waals surface area (Å²) in [6, 6.07) is 12.5. The zero-order chi connectivity index (χ0) is 15.8. The van der Waals surface area contributed by atoms with Gasteiger partial charge in [0.1, 0.15) is 0 Å². The standard InChI is InChI=1S/C19H21N3O/c1-14-4-6-15(7-5-14)13-21-11-12-22(19(23)16-8-9-16)17-3-2-10-20-18(17)21/h2-7,10,16H,8-9,11-13H2,1H3. The van der Waals surface area contributed by atoms with Gasteiger partial charge in [-0.2, -0.15) is 0 Å². The minimum absolute atomic E-state index is 0.242. The minimum Gasteiger partial charge on any atom is -0.349 e. The fraction of sp³-hybridized carbons (Fsp3) is 0.368. The van der Waals surface area contributed by atoms with E-state index in [2.05, 4.69) is 41.1 Å².